The topological polar surface area (TPSA) is 73.3 Å². The van der Waals surface area contributed by atoms with Crippen molar-refractivity contribution in [1.29, 1.82) is 0 Å². The largest absolute Gasteiger partial charge is 0.433 e. The molecule has 29 heavy (non-hydrogen) atoms. The van der Waals surface area contributed by atoms with Crippen molar-refractivity contribution in [1.82, 2.24) is 4.98 Å². The molecular weight excluding hydrogens is 394 g/mol. The van der Waals surface area contributed by atoms with Crippen LogP contribution in [0.15, 0.2) is 12.1 Å². The number of ether oxygens (including phenoxy) is 1. The summed E-state index contributed by atoms with van der Waals surface area (Å²) in [5.41, 5.74) is -1.17. The molecule has 160 valence electrons. The normalized spacial score (nSPS) is 23.8. The van der Waals surface area contributed by atoms with Gasteiger partial charge in [0.15, 0.2) is 17.3 Å². The Morgan fingerprint density at radius 3 is 2.31 bits per heavy atom. The number of aryl methyl sites for hydroxylation is 1. The van der Waals surface area contributed by atoms with Crippen LogP contribution < -0.4 is 0 Å². The average molecular weight is 417 g/mol. The highest BCUT2D eigenvalue weighted by Crippen LogP contribution is 2.41. The van der Waals surface area contributed by atoms with Crippen molar-refractivity contribution in [3.63, 3.8) is 0 Å². The number of ketones is 3. The van der Waals surface area contributed by atoms with Gasteiger partial charge in [0.05, 0.1) is 5.69 Å². The van der Waals surface area contributed by atoms with E-state index in [9.17, 15) is 27.6 Å². The summed E-state index contributed by atoms with van der Waals surface area (Å²) in [6.45, 7) is 0.436. The van der Waals surface area contributed by atoms with Crippen LogP contribution in [0.5, 0.6) is 0 Å². The van der Waals surface area contributed by atoms with E-state index in [1.807, 2.05) is 0 Å². The molecule has 0 spiro atoms. The molecule has 2 fully saturated rings. The van der Waals surface area contributed by atoms with Crippen molar-refractivity contribution in [3.05, 3.63) is 29.1 Å². The predicted octanol–water partition coefficient (Wildman–Crippen LogP) is 3.59. The molecule has 1 aromatic heterocycles. The monoisotopic (exact) mass is 417 g/mol. The van der Waals surface area contributed by atoms with Gasteiger partial charge in [-0.15, -0.1) is 0 Å². The zero-order valence-corrected chi connectivity index (χ0v) is 16.0. The van der Waals surface area contributed by atoms with Gasteiger partial charge in [0, 0.05) is 31.1 Å². The highest BCUT2D eigenvalue weighted by molar-refractivity contribution is 6.26. The number of carbonyl (C=O) groups is 3. The van der Waals surface area contributed by atoms with Gasteiger partial charge >= 0.3 is 6.18 Å². The van der Waals surface area contributed by atoms with E-state index >= 15 is 0 Å². The lowest BCUT2D eigenvalue weighted by Crippen LogP contribution is -2.41. The van der Waals surface area contributed by atoms with E-state index < -0.39 is 35.1 Å². The quantitative estimate of drug-likeness (QED) is 0.293. The maximum atomic E-state index is 13.1. The third kappa shape index (κ3) is 4.71. The maximum absolute atomic E-state index is 13.1. The molecule has 2 aliphatic carbocycles. The van der Waals surface area contributed by atoms with Crippen LogP contribution >= 0.6 is 0 Å². The highest BCUT2D eigenvalue weighted by atomic mass is 19.4. The molecule has 2 unspecified atom stereocenters. The Bertz CT molecular complexity index is 771. The minimum Gasteiger partial charge on any atom is -0.385 e. The summed E-state index contributed by atoms with van der Waals surface area (Å²) in [5, 5.41) is 0. The fourth-order valence-corrected chi connectivity index (χ4v) is 4.14. The number of hydrogen-bond donors (Lipinski definition) is 0. The number of aromatic nitrogens is 1. The molecule has 0 aromatic carbocycles. The Kier molecular flexibility index (Phi) is 7.26. The Balaban J connectivity index is 0.00000300. The molecule has 0 amide bonds. The third-order valence-electron chi connectivity index (χ3n) is 5.61. The van der Waals surface area contributed by atoms with Crippen molar-refractivity contribution in [2.45, 2.75) is 44.7 Å². The number of methoxy groups -OCH3 is 1. The van der Waals surface area contributed by atoms with Gasteiger partial charge in [-0.2, -0.15) is 13.2 Å². The molecule has 9 heteroatoms. The molecule has 2 aliphatic rings. The first-order chi connectivity index (χ1) is 13.2. The second-order valence-electron chi connectivity index (χ2n) is 7.45. The lowest BCUT2D eigenvalue weighted by molar-refractivity contribution is -0.141. The maximum Gasteiger partial charge on any atom is 0.433 e. The van der Waals surface area contributed by atoms with E-state index in [4.69, 9.17) is 4.74 Å². The SMILES string of the molecule is COCCCCc1nc(C(F)(F)F)ccc1C(=O)C1C(=O)C2CCC(C2)C1=O.F. The van der Waals surface area contributed by atoms with E-state index in [2.05, 4.69) is 4.98 Å². The molecular formula is C20H23F4NO4. The molecule has 2 bridgehead atoms. The minimum atomic E-state index is -4.64. The molecule has 5 nitrogen and oxygen atoms in total. The number of nitrogens with zero attached hydrogens (tertiary/aromatic N) is 1. The van der Waals surface area contributed by atoms with Crippen LogP contribution in [0, 0.1) is 17.8 Å². The molecule has 0 radical (unpaired) electrons. The lowest BCUT2D eigenvalue weighted by atomic mass is 9.75. The van der Waals surface area contributed by atoms with Gasteiger partial charge in [0.25, 0.3) is 0 Å². The van der Waals surface area contributed by atoms with E-state index in [0.29, 0.717) is 38.7 Å². The molecule has 1 aromatic rings. The zero-order valence-electron chi connectivity index (χ0n) is 16.0. The van der Waals surface area contributed by atoms with E-state index in [-0.39, 0.29) is 34.2 Å². The zero-order chi connectivity index (χ0) is 20.5. The van der Waals surface area contributed by atoms with Gasteiger partial charge in [0.1, 0.15) is 11.6 Å². The number of Topliss-reactive ketones (excluding diaryl/α,β-unsaturated/α-hetero) is 3. The first-order valence-corrected chi connectivity index (χ1v) is 9.41. The second-order valence-corrected chi connectivity index (χ2v) is 7.45. The summed E-state index contributed by atoms with van der Waals surface area (Å²) in [4.78, 5) is 41.8. The van der Waals surface area contributed by atoms with Crippen molar-refractivity contribution in [3.8, 4) is 0 Å². The second kappa shape index (κ2) is 9.11. The first kappa shape index (κ1) is 23.1. The number of fused-ring (bicyclic) bond motifs is 2. The summed E-state index contributed by atoms with van der Waals surface area (Å²) in [7, 11) is 1.52. The van der Waals surface area contributed by atoms with Crippen molar-refractivity contribution >= 4 is 17.3 Å². The summed E-state index contributed by atoms with van der Waals surface area (Å²) < 4.78 is 44.1. The average Bonchev–Trinajstić information content (AvgIpc) is 3.10. The smallest absolute Gasteiger partial charge is 0.385 e. The number of hydrogen-bond acceptors (Lipinski definition) is 5. The number of rotatable bonds is 7. The number of pyridine rings is 1. The van der Waals surface area contributed by atoms with Crippen molar-refractivity contribution in [2.24, 2.45) is 17.8 Å². The van der Waals surface area contributed by atoms with Gasteiger partial charge in [0.2, 0.25) is 0 Å². The molecule has 2 atom stereocenters. The number of unbranched alkanes of at least 4 members (excludes halogenated alkanes) is 1. The first-order valence-electron chi connectivity index (χ1n) is 9.41. The van der Waals surface area contributed by atoms with Crippen LogP contribution in [0.4, 0.5) is 17.9 Å². The Hall–Kier alpha value is -2.16. The lowest BCUT2D eigenvalue weighted by Gasteiger charge is -2.25. The van der Waals surface area contributed by atoms with Crippen LogP contribution in [0.1, 0.15) is 53.8 Å². The van der Waals surface area contributed by atoms with E-state index in [1.54, 1.807) is 0 Å². The Morgan fingerprint density at radius 1 is 1.14 bits per heavy atom. The van der Waals surface area contributed by atoms with Crippen LogP contribution in [0.25, 0.3) is 0 Å². The molecule has 0 saturated heterocycles. The molecule has 0 N–H and O–H groups in total. The molecule has 0 aliphatic heterocycles. The summed E-state index contributed by atoms with van der Waals surface area (Å²) in [6, 6.07) is 1.79. The van der Waals surface area contributed by atoms with E-state index in [0.717, 1.165) is 12.1 Å². The summed E-state index contributed by atoms with van der Waals surface area (Å²) in [6.07, 6.45) is -1.78. The Morgan fingerprint density at radius 2 is 1.76 bits per heavy atom. The van der Waals surface area contributed by atoms with Crippen molar-refractivity contribution in [2.75, 3.05) is 13.7 Å². The number of carbonyl (C=O) groups excluding carboxylic acids is 3. The molecule has 2 saturated carbocycles. The fourth-order valence-electron chi connectivity index (χ4n) is 4.14. The van der Waals surface area contributed by atoms with Gasteiger partial charge in [-0.3, -0.25) is 19.1 Å². The van der Waals surface area contributed by atoms with Crippen LogP contribution in [-0.2, 0) is 26.9 Å². The highest BCUT2D eigenvalue weighted by Gasteiger charge is 2.50. The number of alkyl halides is 3. The van der Waals surface area contributed by atoms with Crippen LogP contribution in [-0.4, -0.2) is 36.1 Å². The minimum absolute atomic E-state index is 0. The molecule has 3 rings (SSSR count). The van der Waals surface area contributed by atoms with E-state index in [1.165, 1.54) is 7.11 Å². The summed E-state index contributed by atoms with van der Waals surface area (Å²) in [5.74, 6) is -3.51. The fraction of sp³-hybridized carbons (Fsp3) is 0.600. The van der Waals surface area contributed by atoms with Gasteiger partial charge < -0.3 is 4.74 Å². The van der Waals surface area contributed by atoms with Crippen molar-refractivity contribution < 1.29 is 37.0 Å². The third-order valence-corrected chi connectivity index (χ3v) is 5.61. The van der Waals surface area contributed by atoms with Crippen LogP contribution in [0.2, 0.25) is 0 Å². The Labute approximate surface area is 165 Å². The van der Waals surface area contributed by atoms with Crippen LogP contribution in [0.3, 0.4) is 0 Å². The predicted molar refractivity (Wildman–Crippen MR) is 95.2 cm³/mol. The van der Waals surface area contributed by atoms with Gasteiger partial charge in [-0.25, -0.2) is 4.98 Å². The van der Waals surface area contributed by atoms with Gasteiger partial charge in [-0.1, -0.05) is 0 Å². The standard InChI is InChI=1S/C20H22F3NO4.FH/c1-28-9-3-2-4-14-13(7-8-15(24-14)20(21,22)23)19(27)16-17(25)11-5-6-12(10-11)18(16)26;/h7-8,11-12,16H,2-6,9-10H2,1H3;1H. The molecule has 1 heterocycles. The number of halogens is 4. The van der Waals surface area contributed by atoms with Gasteiger partial charge in [-0.05, 0) is 50.7 Å². The summed E-state index contributed by atoms with van der Waals surface area (Å²) >= 11 is 0.